The third-order valence-corrected chi connectivity index (χ3v) is 15.0. The zero-order chi connectivity index (χ0) is 46.6. The van der Waals surface area contributed by atoms with E-state index in [0.717, 1.165) is 82.7 Å². The standard InChI is InChI=1S/C21H28N6O4S.C18H22N6O.C3H7ClO3S/c1-31-10-11-32(29,30)26-8-6-17(7-9-26)24-21-23-14-16-12-15(13-22)20(28)27(19(16)25-21)18-4-2-3-5-18;19-10-12-9-13-11-21-18(22-14-5-7-20-8-6-14)23-16(13)24(17(12)25)15-3-1-2-4-15;1-7-2-3-8(4,5)6/h12,14,17-18H,2-11H2,1H3,(H,23,24,25);9,11,14-15,20H,1-8H2,(H,21,22,23);2-3H2,1H3. The third-order valence-electron chi connectivity index (χ3n) is 12.1. The fourth-order valence-electron chi connectivity index (χ4n) is 8.65. The molecule has 352 valence electrons. The van der Waals surface area contributed by atoms with Gasteiger partial charge in [-0.1, -0.05) is 25.7 Å². The van der Waals surface area contributed by atoms with Crippen molar-refractivity contribution < 1.29 is 26.3 Å². The van der Waals surface area contributed by atoms with Crippen molar-refractivity contribution in [1.82, 2.24) is 38.7 Å². The minimum absolute atomic E-state index is 0.0151. The SMILES string of the molecule is COCCS(=O)(=O)Cl.COCCS(=O)(=O)N1CCC(Nc2ncc3cc(C#N)c(=O)n(C4CCCC4)c3n2)CC1.N#Cc1cc2cnc(NC3CCNCC3)nc2n(C2CCCC2)c1=O. The van der Waals surface area contributed by atoms with Gasteiger partial charge in [0.25, 0.3) is 11.1 Å². The average molecular weight is 958 g/mol. The van der Waals surface area contributed by atoms with Crippen LogP contribution in [0.25, 0.3) is 22.1 Å². The molecule has 0 radical (unpaired) electrons. The Balaban J connectivity index is 0.000000188. The molecule has 0 atom stereocenters. The molecule has 3 N–H and O–H groups in total. The van der Waals surface area contributed by atoms with Crippen molar-refractivity contribution >= 4 is 63.7 Å². The number of pyridine rings is 2. The molecule has 4 aromatic heterocycles. The molecular weight excluding hydrogens is 900 g/mol. The van der Waals surface area contributed by atoms with Crippen LogP contribution in [0.5, 0.6) is 0 Å². The minimum atomic E-state index is -3.34. The summed E-state index contributed by atoms with van der Waals surface area (Å²) in [7, 11) is 1.06. The van der Waals surface area contributed by atoms with Crippen LogP contribution in [0.3, 0.4) is 0 Å². The topological polar surface area (TPSA) is 269 Å². The van der Waals surface area contributed by atoms with Crippen LogP contribution in [0.1, 0.15) is 100 Å². The number of hydrogen-bond acceptors (Lipinski definition) is 17. The van der Waals surface area contributed by atoms with Crippen LogP contribution in [0.15, 0.2) is 34.1 Å². The molecule has 8 rings (SSSR count). The molecule has 0 aromatic carbocycles. The van der Waals surface area contributed by atoms with E-state index in [9.17, 15) is 36.9 Å². The van der Waals surface area contributed by atoms with E-state index in [4.69, 9.17) is 15.4 Å². The van der Waals surface area contributed by atoms with E-state index >= 15 is 0 Å². The summed E-state index contributed by atoms with van der Waals surface area (Å²) >= 11 is 0. The number of sulfonamides is 1. The molecule has 2 aliphatic heterocycles. The maximum absolute atomic E-state index is 12.9. The van der Waals surface area contributed by atoms with Gasteiger partial charge in [-0.15, -0.1) is 0 Å². The van der Waals surface area contributed by atoms with Gasteiger partial charge in [0.15, 0.2) is 0 Å². The summed E-state index contributed by atoms with van der Waals surface area (Å²) in [4.78, 5) is 43.7. The van der Waals surface area contributed by atoms with Crippen LogP contribution in [0.4, 0.5) is 11.9 Å². The summed E-state index contributed by atoms with van der Waals surface area (Å²) in [6.07, 6.45) is 14.7. The Kier molecular flexibility index (Phi) is 17.6. The minimum Gasteiger partial charge on any atom is -0.384 e. The zero-order valence-electron chi connectivity index (χ0n) is 36.7. The highest BCUT2D eigenvalue weighted by Crippen LogP contribution is 2.32. The second-order valence-corrected chi connectivity index (χ2v) is 21.5. The Bertz CT molecular complexity index is 2700. The molecule has 2 saturated carbocycles. The molecule has 23 heteroatoms. The second-order valence-electron chi connectivity index (χ2n) is 16.5. The molecule has 0 amide bonds. The summed E-state index contributed by atoms with van der Waals surface area (Å²) < 4.78 is 59.1. The monoisotopic (exact) mass is 956 g/mol. The lowest BCUT2D eigenvalue weighted by atomic mass is 10.1. The van der Waals surface area contributed by atoms with Gasteiger partial charge < -0.3 is 25.4 Å². The molecule has 6 heterocycles. The van der Waals surface area contributed by atoms with Crippen molar-refractivity contribution in [2.75, 3.05) is 75.8 Å². The predicted molar refractivity (Wildman–Crippen MR) is 247 cm³/mol. The molecule has 4 aromatic rings. The maximum Gasteiger partial charge on any atom is 0.270 e. The third kappa shape index (κ3) is 13.2. The van der Waals surface area contributed by atoms with Crippen LogP contribution < -0.4 is 27.1 Å². The van der Waals surface area contributed by atoms with Gasteiger partial charge in [-0.2, -0.15) is 20.5 Å². The summed E-state index contributed by atoms with van der Waals surface area (Å²) in [6, 6.07) is 7.73. The predicted octanol–water partition coefficient (Wildman–Crippen LogP) is 3.77. The Morgan fingerprint density at radius 3 is 1.54 bits per heavy atom. The van der Waals surface area contributed by atoms with Crippen molar-refractivity contribution in [3.05, 3.63) is 56.4 Å². The normalized spacial score (nSPS) is 18.0. The van der Waals surface area contributed by atoms with Crippen molar-refractivity contribution in [2.24, 2.45) is 0 Å². The molecule has 65 heavy (non-hydrogen) atoms. The summed E-state index contributed by atoms with van der Waals surface area (Å²) in [6.45, 7) is 3.17. The quantitative estimate of drug-likeness (QED) is 0.161. The first-order valence-electron chi connectivity index (χ1n) is 22.0. The van der Waals surface area contributed by atoms with E-state index in [1.807, 2.05) is 12.1 Å². The van der Waals surface area contributed by atoms with Gasteiger partial charge in [0.1, 0.15) is 34.6 Å². The number of halogens is 1. The number of nitrogens with zero attached hydrogens (tertiary/aromatic N) is 9. The van der Waals surface area contributed by atoms with Crippen molar-refractivity contribution in [2.45, 2.75) is 101 Å². The van der Waals surface area contributed by atoms with E-state index in [2.05, 4.69) is 40.6 Å². The van der Waals surface area contributed by atoms with Gasteiger partial charge in [-0.05, 0) is 76.6 Å². The lowest BCUT2D eigenvalue weighted by molar-refractivity contribution is 0.214. The van der Waals surface area contributed by atoms with E-state index in [1.165, 1.54) is 18.5 Å². The highest BCUT2D eigenvalue weighted by molar-refractivity contribution is 8.13. The molecule has 4 fully saturated rings. The smallest absolute Gasteiger partial charge is 0.270 e. The van der Waals surface area contributed by atoms with Gasteiger partial charge in [-0.25, -0.2) is 31.1 Å². The Hall–Kier alpha value is -4.81. The average Bonchev–Trinajstić information content (AvgIpc) is 4.04. The number of ether oxygens (including phenoxy) is 2. The van der Waals surface area contributed by atoms with E-state index < -0.39 is 19.1 Å². The lowest BCUT2D eigenvalue weighted by Gasteiger charge is -2.31. The number of anilines is 2. The number of methoxy groups -OCH3 is 2. The van der Waals surface area contributed by atoms with Gasteiger partial charge >= 0.3 is 0 Å². The molecule has 0 spiro atoms. The Morgan fingerprint density at radius 2 is 1.14 bits per heavy atom. The van der Waals surface area contributed by atoms with Gasteiger partial charge in [-0.3, -0.25) is 18.7 Å². The zero-order valence-corrected chi connectivity index (χ0v) is 39.1. The van der Waals surface area contributed by atoms with Crippen LogP contribution in [-0.4, -0.2) is 127 Å². The first-order chi connectivity index (χ1) is 31.2. The highest BCUT2D eigenvalue weighted by atomic mass is 35.7. The molecule has 2 saturated heterocycles. The van der Waals surface area contributed by atoms with E-state index in [-0.39, 0.29) is 65.1 Å². The van der Waals surface area contributed by atoms with Crippen LogP contribution in [-0.2, 0) is 28.5 Å². The van der Waals surface area contributed by atoms with Crippen LogP contribution >= 0.6 is 10.7 Å². The second kappa shape index (κ2) is 23.1. The maximum atomic E-state index is 12.9. The summed E-state index contributed by atoms with van der Waals surface area (Å²) in [5.74, 6) is 0.841. The number of hydrogen-bond donors (Lipinski definition) is 3. The molecule has 0 unspecified atom stereocenters. The van der Waals surface area contributed by atoms with Crippen molar-refractivity contribution in [3.63, 3.8) is 0 Å². The first kappa shape index (κ1) is 49.6. The van der Waals surface area contributed by atoms with Gasteiger partial charge in [0.05, 0.1) is 24.7 Å². The van der Waals surface area contributed by atoms with Crippen LogP contribution in [0, 0.1) is 22.7 Å². The number of fused-ring (bicyclic) bond motifs is 2. The fourth-order valence-corrected chi connectivity index (χ4v) is 10.6. The molecular formula is C42H57ClN12O8S2. The van der Waals surface area contributed by atoms with Gasteiger partial charge in [0, 0.05) is 85.3 Å². The summed E-state index contributed by atoms with van der Waals surface area (Å²) in [5, 5.41) is 30.1. The molecule has 4 aliphatic rings. The number of rotatable bonds is 13. The summed E-state index contributed by atoms with van der Waals surface area (Å²) in [5.41, 5.74) is 0.928. The van der Waals surface area contributed by atoms with Crippen molar-refractivity contribution in [1.29, 1.82) is 10.5 Å². The largest absolute Gasteiger partial charge is 0.384 e. The Morgan fingerprint density at radius 1 is 0.708 bits per heavy atom. The highest BCUT2D eigenvalue weighted by Gasteiger charge is 2.29. The lowest BCUT2D eigenvalue weighted by Crippen LogP contribution is -2.43. The molecule has 0 bridgehead atoms. The number of piperidine rings is 2. The molecule has 2 aliphatic carbocycles. The number of aromatic nitrogens is 6. The van der Waals surface area contributed by atoms with Crippen molar-refractivity contribution in [3.8, 4) is 12.1 Å². The number of nitriles is 2. The van der Waals surface area contributed by atoms with Crippen LogP contribution in [0.2, 0.25) is 0 Å². The first-order valence-corrected chi connectivity index (χ1v) is 26.1. The molecule has 20 nitrogen and oxygen atoms in total. The van der Waals surface area contributed by atoms with E-state index in [1.54, 1.807) is 33.7 Å². The Labute approximate surface area is 383 Å². The number of nitrogens with one attached hydrogen (secondary N) is 3. The van der Waals surface area contributed by atoms with Gasteiger partial charge in [0.2, 0.25) is 31.0 Å². The fraction of sp³-hybridized carbons (Fsp3) is 0.619. The van der Waals surface area contributed by atoms with E-state index in [0.29, 0.717) is 60.6 Å².